The number of hydrogen-bond acceptors (Lipinski definition) is 6. The third kappa shape index (κ3) is 2.32. The molecule has 0 spiro atoms. The summed E-state index contributed by atoms with van der Waals surface area (Å²) in [7, 11) is -4.13. The van der Waals surface area contributed by atoms with E-state index in [0.29, 0.717) is 5.76 Å². The number of aryl methyl sites for hydroxylation is 1. The molecule has 2 heterocycles. The molecule has 0 aliphatic rings. The van der Waals surface area contributed by atoms with Crippen LogP contribution in [0.25, 0.3) is 0 Å². The second-order valence-corrected chi connectivity index (χ2v) is 5.02. The summed E-state index contributed by atoms with van der Waals surface area (Å²) in [5.74, 6) is 0.348. The Morgan fingerprint density at radius 1 is 1.39 bits per heavy atom. The minimum absolute atomic E-state index is 0.0573. The van der Waals surface area contributed by atoms with Crippen molar-refractivity contribution in [3.05, 3.63) is 38.9 Å². The number of nitrogens with one attached hydrogen (secondary N) is 3. The van der Waals surface area contributed by atoms with Crippen LogP contribution in [0.15, 0.2) is 31.3 Å². The highest BCUT2D eigenvalue weighted by atomic mass is 32.2. The Morgan fingerprint density at radius 2 is 2.11 bits per heavy atom. The summed E-state index contributed by atoms with van der Waals surface area (Å²) in [6.45, 7) is 1.58. The quantitative estimate of drug-likeness (QED) is 0.666. The van der Waals surface area contributed by atoms with Gasteiger partial charge in [0.25, 0.3) is 15.6 Å². The number of anilines is 1. The minimum Gasteiger partial charge on any atom is -0.360 e. The SMILES string of the molecule is Cc1cc(NS(=O)(=O)c2c[nH]c(=O)[nH]c2=O)no1. The van der Waals surface area contributed by atoms with Crippen LogP contribution < -0.4 is 16.0 Å². The van der Waals surface area contributed by atoms with Gasteiger partial charge in [0.2, 0.25) is 0 Å². The second-order valence-electron chi connectivity index (χ2n) is 3.36. The van der Waals surface area contributed by atoms with Crippen LogP contribution >= 0.6 is 0 Å². The predicted molar refractivity (Wildman–Crippen MR) is 59.7 cm³/mol. The molecule has 0 aromatic carbocycles. The Morgan fingerprint density at radius 3 is 2.67 bits per heavy atom. The van der Waals surface area contributed by atoms with Gasteiger partial charge >= 0.3 is 5.69 Å². The Balaban J connectivity index is 2.43. The van der Waals surface area contributed by atoms with Gasteiger partial charge in [-0.1, -0.05) is 5.16 Å². The normalized spacial score (nSPS) is 11.4. The van der Waals surface area contributed by atoms with E-state index in [-0.39, 0.29) is 5.82 Å². The fraction of sp³-hybridized carbons (Fsp3) is 0.125. The van der Waals surface area contributed by atoms with Gasteiger partial charge in [-0.3, -0.25) is 14.5 Å². The maximum atomic E-state index is 11.8. The number of H-pyrrole nitrogens is 2. The van der Waals surface area contributed by atoms with Gasteiger partial charge in [0.05, 0.1) is 0 Å². The number of rotatable bonds is 3. The van der Waals surface area contributed by atoms with Crippen LogP contribution in [0.5, 0.6) is 0 Å². The van der Waals surface area contributed by atoms with Crippen LogP contribution in [0.1, 0.15) is 5.76 Å². The molecule has 10 heteroatoms. The van der Waals surface area contributed by atoms with E-state index in [1.165, 1.54) is 6.07 Å². The van der Waals surface area contributed by atoms with Crippen molar-refractivity contribution in [2.75, 3.05) is 4.72 Å². The monoisotopic (exact) mass is 272 g/mol. The van der Waals surface area contributed by atoms with Gasteiger partial charge < -0.3 is 9.51 Å². The van der Waals surface area contributed by atoms with Crippen LogP contribution in [0.4, 0.5) is 5.82 Å². The molecule has 0 saturated carbocycles. The maximum Gasteiger partial charge on any atom is 0.325 e. The molecule has 0 saturated heterocycles. The van der Waals surface area contributed by atoms with Crippen LogP contribution in [0, 0.1) is 6.92 Å². The van der Waals surface area contributed by atoms with Crippen LogP contribution in [0.2, 0.25) is 0 Å². The molecule has 0 unspecified atom stereocenters. The maximum absolute atomic E-state index is 11.8. The number of aromatic nitrogens is 3. The molecule has 0 radical (unpaired) electrons. The third-order valence-electron chi connectivity index (χ3n) is 1.94. The molecule has 0 aliphatic heterocycles. The Bertz CT molecular complexity index is 784. The van der Waals surface area contributed by atoms with E-state index in [1.54, 1.807) is 11.9 Å². The molecule has 2 rings (SSSR count). The van der Waals surface area contributed by atoms with E-state index >= 15 is 0 Å². The van der Waals surface area contributed by atoms with E-state index in [4.69, 9.17) is 0 Å². The Kier molecular flexibility index (Phi) is 2.79. The molecular weight excluding hydrogens is 264 g/mol. The molecule has 9 nitrogen and oxygen atoms in total. The van der Waals surface area contributed by atoms with Gasteiger partial charge in [-0.05, 0) is 6.92 Å². The highest BCUT2D eigenvalue weighted by Gasteiger charge is 2.20. The lowest BCUT2D eigenvalue weighted by molar-refractivity contribution is 0.400. The van der Waals surface area contributed by atoms with E-state index in [1.807, 2.05) is 4.72 Å². The van der Waals surface area contributed by atoms with Crippen molar-refractivity contribution < 1.29 is 12.9 Å². The molecule has 2 aromatic heterocycles. The van der Waals surface area contributed by atoms with Gasteiger partial charge in [0.1, 0.15) is 5.76 Å². The summed E-state index contributed by atoms with van der Waals surface area (Å²) in [6.07, 6.45) is 0.802. The summed E-state index contributed by atoms with van der Waals surface area (Å²) >= 11 is 0. The van der Waals surface area contributed by atoms with Crippen molar-refractivity contribution >= 4 is 15.8 Å². The topological polar surface area (TPSA) is 138 Å². The first kappa shape index (κ1) is 12.1. The molecule has 2 aromatic rings. The van der Waals surface area contributed by atoms with Crippen molar-refractivity contribution in [3.63, 3.8) is 0 Å². The van der Waals surface area contributed by atoms with Crippen LogP contribution in [-0.2, 0) is 10.0 Å². The van der Waals surface area contributed by atoms with Gasteiger partial charge in [-0.25, -0.2) is 13.2 Å². The van der Waals surface area contributed by atoms with E-state index in [9.17, 15) is 18.0 Å². The molecule has 0 aliphatic carbocycles. The number of aromatic amines is 2. The first-order valence-electron chi connectivity index (χ1n) is 4.66. The Labute approximate surface area is 99.9 Å². The second kappa shape index (κ2) is 4.14. The fourth-order valence-electron chi connectivity index (χ4n) is 1.20. The first-order chi connectivity index (χ1) is 8.38. The smallest absolute Gasteiger partial charge is 0.325 e. The molecule has 3 N–H and O–H groups in total. The Hall–Kier alpha value is -2.36. The zero-order chi connectivity index (χ0) is 13.3. The molecule has 0 atom stereocenters. The number of hydrogen-bond donors (Lipinski definition) is 3. The number of sulfonamides is 1. The standard InChI is InChI=1S/C8H8N4O5S/c1-4-2-6(11-17-4)12-18(15,16)5-3-9-8(14)10-7(5)13/h2-3H,1H3,(H,11,12)(H2,9,10,13,14). The summed E-state index contributed by atoms with van der Waals surface area (Å²) < 4.78 is 30.3. The van der Waals surface area contributed by atoms with Crippen molar-refractivity contribution in [2.45, 2.75) is 11.8 Å². The highest BCUT2D eigenvalue weighted by molar-refractivity contribution is 7.92. The zero-order valence-electron chi connectivity index (χ0n) is 9.05. The number of nitrogens with zero attached hydrogens (tertiary/aromatic N) is 1. The summed E-state index contributed by atoms with van der Waals surface area (Å²) in [6, 6.07) is 1.34. The van der Waals surface area contributed by atoms with Crippen LogP contribution in [0.3, 0.4) is 0 Å². The predicted octanol–water partition coefficient (Wildman–Crippen LogP) is -0.840. The van der Waals surface area contributed by atoms with Crippen molar-refractivity contribution in [3.8, 4) is 0 Å². The van der Waals surface area contributed by atoms with Crippen molar-refractivity contribution in [1.29, 1.82) is 0 Å². The van der Waals surface area contributed by atoms with Crippen LogP contribution in [-0.4, -0.2) is 23.5 Å². The summed E-state index contributed by atoms with van der Waals surface area (Å²) in [4.78, 5) is 25.4. The molecule has 18 heavy (non-hydrogen) atoms. The third-order valence-corrected chi connectivity index (χ3v) is 3.30. The average Bonchev–Trinajstić information content (AvgIpc) is 2.62. The lowest BCUT2D eigenvalue weighted by atomic mass is 10.5. The van der Waals surface area contributed by atoms with Gasteiger partial charge in [0, 0.05) is 12.3 Å². The van der Waals surface area contributed by atoms with Gasteiger partial charge in [0.15, 0.2) is 10.7 Å². The average molecular weight is 272 g/mol. The molecule has 96 valence electrons. The summed E-state index contributed by atoms with van der Waals surface area (Å²) in [5, 5.41) is 3.42. The van der Waals surface area contributed by atoms with Crippen molar-refractivity contribution in [1.82, 2.24) is 15.1 Å². The highest BCUT2D eigenvalue weighted by Crippen LogP contribution is 2.11. The molecule has 0 bridgehead atoms. The zero-order valence-corrected chi connectivity index (χ0v) is 9.87. The summed E-state index contributed by atoms with van der Waals surface area (Å²) in [5.41, 5.74) is -1.82. The molecule has 0 fully saturated rings. The molecule has 0 amide bonds. The lowest BCUT2D eigenvalue weighted by Gasteiger charge is -2.02. The van der Waals surface area contributed by atoms with Gasteiger partial charge in [-0.15, -0.1) is 0 Å². The molecular formula is C8H8N4O5S. The lowest BCUT2D eigenvalue weighted by Crippen LogP contribution is -2.29. The van der Waals surface area contributed by atoms with E-state index < -0.39 is 26.2 Å². The minimum atomic E-state index is -4.13. The largest absolute Gasteiger partial charge is 0.360 e. The van der Waals surface area contributed by atoms with E-state index in [2.05, 4.69) is 14.7 Å². The van der Waals surface area contributed by atoms with Gasteiger partial charge in [-0.2, -0.15) is 0 Å². The first-order valence-corrected chi connectivity index (χ1v) is 6.15. The van der Waals surface area contributed by atoms with E-state index in [0.717, 1.165) is 6.20 Å². The fourth-order valence-corrected chi connectivity index (χ4v) is 2.19. The van der Waals surface area contributed by atoms with Crippen molar-refractivity contribution in [2.24, 2.45) is 0 Å².